The summed E-state index contributed by atoms with van der Waals surface area (Å²) in [4.78, 5) is 11.2. The molecule has 0 aliphatic carbocycles. The lowest BCUT2D eigenvalue weighted by Gasteiger charge is -2.22. The van der Waals surface area contributed by atoms with Crippen LogP contribution in [-0.2, 0) is 14.3 Å². The molecule has 0 aromatic carbocycles. The Balaban J connectivity index is 2.48. The van der Waals surface area contributed by atoms with E-state index in [0.717, 1.165) is 12.8 Å². The van der Waals surface area contributed by atoms with Crippen molar-refractivity contribution in [3.63, 3.8) is 0 Å². The first-order chi connectivity index (χ1) is 6.02. The lowest BCUT2D eigenvalue weighted by molar-refractivity contribution is -0.200. The monoisotopic (exact) mass is 185 g/mol. The average molecular weight is 185 g/mol. The Kier molecular flexibility index (Phi) is 2.93. The minimum atomic E-state index is -0.747. The zero-order valence-corrected chi connectivity index (χ0v) is 8.00. The molecule has 74 valence electrons. The Labute approximate surface area is 77.7 Å². The first kappa shape index (κ1) is 10.1. The standard InChI is InChI=1S/C9H15NO3/c1-7(10)6-8(11)13-9(2)4-3-5-12-9/h6H,3-5,10H2,1-2H3. The summed E-state index contributed by atoms with van der Waals surface area (Å²) in [6, 6.07) is 0. The van der Waals surface area contributed by atoms with Gasteiger partial charge in [0.25, 0.3) is 0 Å². The van der Waals surface area contributed by atoms with Crippen LogP contribution in [0.2, 0.25) is 0 Å². The third kappa shape index (κ3) is 3.06. The minimum Gasteiger partial charge on any atom is -0.430 e. The molecule has 0 amide bonds. The molecule has 0 saturated carbocycles. The smallest absolute Gasteiger partial charge is 0.334 e. The van der Waals surface area contributed by atoms with Gasteiger partial charge in [-0.25, -0.2) is 4.79 Å². The highest BCUT2D eigenvalue weighted by atomic mass is 16.7. The second kappa shape index (κ2) is 3.79. The van der Waals surface area contributed by atoms with E-state index in [1.54, 1.807) is 13.8 Å². The lowest BCUT2D eigenvalue weighted by Crippen LogP contribution is -2.29. The maximum atomic E-state index is 11.2. The number of esters is 1. The van der Waals surface area contributed by atoms with Crippen molar-refractivity contribution in [2.24, 2.45) is 5.73 Å². The molecular weight excluding hydrogens is 170 g/mol. The van der Waals surface area contributed by atoms with Crippen molar-refractivity contribution in [2.75, 3.05) is 6.61 Å². The molecule has 1 heterocycles. The second-order valence-electron chi connectivity index (χ2n) is 3.40. The summed E-state index contributed by atoms with van der Waals surface area (Å²) in [5.74, 6) is -1.19. The lowest BCUT2D eigenvalue weighted by atomic mass is 10.2. The fraction of sp³-hybridized carbons (Fsp3) is 0.667. The predicted molar refractivity (Wildman–Crippen MR) is 47.6 cm³/mol. The Hall–Kier alpha value is -1.03. The van der Waals surface area contributed by atoms with Crippen LogP contribution in [0.3, 0.4) is 0 Å². The topological polar surface area (TPSA) is 61.6 Å². The van der Waals surface area contributed by atoms with E-state index in [9.17, 15) is 4.79 Å². The Morgan fingerprint density at radius 2 is 2.38 bits per heavy atom. The van der Waals surface area contributed by atoms with Gasteiger partial charge in [0.1, 0.15) is 0 Å². The van der Waals surface area contributed by atoms with E-state index in [1.165, 1.54) is 6.08 Å². The Morgan fingerprint density at radius 1 is 1.69 bits per heavy atom. The van der Waals surface area contributed by atoms with E-state index in [2.05, 4.69) is 0 Å². The van der Waals surface area contributed by atoms with Crippen LogP contribution in [-0.4, -0.2) is 18.4 Å². The van der Waals surface area contributed by atoms with E-state index in [0.29, 0.717) is 12.3 Å². The van der Waals surface area contributed by atoms with Crippen LogP contribution >= 0.6 is 0 Å². The number of hydrogen-bond acceptors (Lipinski definition) is 4. The molecule has 1 fully saturated rings. The Morgan fingerprint density at radius 3 is 2.85 bits per heavy atom. The molecule has 1 saturated heterocycles. The van der Waals surface area contributed by atoms with Gasteiger partial charge in [-0.2, -0.15) is 0 Å². The Bertz CT molecular complexity index is 225. The summed E-state index contributed by atoms with van der Waals surface area (Å²) in [5, 5.41) is 0. The number of nitrogens with two attached hydrogens (primary N) is 1. The van der Waals surface area contributed by atoms with Crippen molar-refractivity contribution < 1.29 is 14.3 Å². The third-order valence-electron chi connectivity index (χ3n) is 1.84. The van der Waals surface area contributed by atoms with Crippen LogP contribution in [0, 0.1) is 0 Å². The summed E-state index contributed by atoms with van der Waals surface area (Å²) >= 11 is 0. The second-order valence-corrected chi connectivity index (χ2v) is 3.40. The van der Waals surface area contributed by atoms with Gasteiger partial charge in [-0.1, -0.05) is 0 Å². The largest absolute Gasteiger partial charge is 0.430 e. The van der Waals surface area contributed by atoms with E-state index >= 15 is 0 Å². The number of carbonyl (C=O) groups is 1. The number of allylic oxidation sites excluding steroid dienone is 1. The van der Waals surface area contributed by atoms with Gasteiger partial charge in [0.05, 0.1) is 6.61 Å². The van der Waals surface area contributed by atoms with Crippen LogP contribution in [0.25, 0.3) is 0 Å². The SMILES string of the molecule is CC(N)=CC(=O)OC1(C)CCCO1. The van der Waals surface area contributed by atoms with Crippen molar-refractivity contribution in [3.05, 3.63) is 11.8 Å². The molecule has 1 unspecified atom stereocenters. The zero-order valence-electron chi connectivity index (χ0n) is 8.00. The van der Waals surface area contributed by atoms with Crippen molar-refractivity contribution in [3.8, 4) is 0 Å². The van der Waals surface area contributed by atoms with Gasteiger partial charge >= 0.3 is 5.97 Å². The van der Waals surface area contributed by atoms with Crippen molar-refractivity contribution >= 4 is 5.97 Å². The maximum Gasteiger partial charge on any atom is 0.334 e. The number of hydrogen-bond donors (Lipinski definition) is 1. The molecule has 1 aliphatic rings. The normalized spacial score (nSPS) is 28.9. The summed E-state index contributed by atoms with van der Waals surface area (Å²) in [6.07, 6.45) is 2.93. The molecule has 0 radical (unpaired) electrons. The highest BCUT2D eigenvalue weighted by Crippen LogP contribution is 2.26. The van der Waals surface area contributed by atoms with Crippen LogP contribution in [0.5, 0.6) is 0 Å². The molecular formula is C9H15NO3. The van der Waals surface area contributed by atoms with Gasteiger partial charge in [0.15, 0.2) is 0 Å². The van der Waals surface area contributed by atoms with Gasteiger partial charge in [-0.05, 0) is 13.3 Å². The summed E-state index contributed by atoms with van der Waals surface area (Å²) in [6.45, 7) is 4.05. The van der Waals surface area contributed by atoms with Crippen molar-refractivity contribution in [1.29, 1.82) is 0 Å². The van der Waals surface area contributed by atoms with Gasteiger partial charge in [-0.15, -0.1) is 0 Å². The number of carbonyl (C=O) groups excluding carboxylic acids is 1. The molecule has 1 aliphatic heterocycles. The minimum absolute atomic E-state index is 0.437. The molecule has 0 bridgehead atoms. The quantitative estimate of drug-likeness (QED) is 0.513. The molecule has 0 spiro atoms. The molecule has 0 aromatic rings. The van der Waals surface area contributed by atoms with E-state index in [4.69, 9.17) is 15.2 Å². The molecule has 4 heteroatoms. The highest BCUT2D eigenvalue weighted by Gasteiger charge is 2.33. The average Bonchev–Trinajstić information content (AvgIpc) is 2.33. The molecule has 1 atom stereocenters. The third-order valence-corrected chi connectivity index (χ3v) is 1.84. The van der Waals surface area contributed by atoms with Crippen molar-refractivity contribution in [1.82, 2.24) is 0 Å². The molecule has 2 N–H and O–H groups in total. The van der Waals surface area contributed by atoms with E-state index < -0.39 is 11.8 Å². The summed E-state index contributed by atoms with van der Waals surface area (Å²) < 4.78 is 10.4. The van der Waals surface area contributed by atoms with Crippen LogP contribution in [0.15, 0.2) is 11.8 Å². The maximum absolute atomic E-state index is 11.2. The molecule has 4 nitrogen and oxygen atoms in total. The van der Waals surface area contributed by atoms with E-state index in [1.807, 2.05) is 0 Å². The van der Waals surface area contributed by atoms with Crippen LogP contribution in [0.1, 0.15) is 26.7 Å². The van der Waals surface area contributed by atoms with Crippen LogP contribution in [0.4, 0.5) is 0 Å². The van der Waals surface area contributed by atoms with Crippen LogP contribution < -0.4 is 5.73 Å². The summed E-state index contributed by atoms with van der Waals surface area (Å²) in [5.41, 5.74) is 5.77. The first-order valence-corrected chi connectivity index (χ1v) is 4.32. The molecule has 0 aromatic heterocycles. The van der Waals surface area contributed by atoms with Gasteiger partial charge in [-0.3, -0.25) is 0 Å². The van der Waals surface area contributed by atoms with Gasteiger partial charge in [0, 0.05) is 25.1 Å². The molecule has 1 rings (SSSR count). The highest BCUT2D eigenvalue weighted by molar-refractivity contribution is 5.82. The number of ether oxygens (including phenoxy) is 2. The van der Waals surface area contributed by atoms with Gasteiger partial charge < -0.3 is 15.2 Å². The predicted octanol–water partition coefficient (Wildman–Crippen LogP) is 0.919. The summed E-state index contributed by atoms with van der Waals surface area (Å²) in [7, 11) is 0. The van der Waals surface area contributed by atoms with E-state index in [-0.39, 0.29) is 0 Å². The van der Waals surface area contributed by atoms with Gasteiger partial charge in [0.2, 0.25) is 5.79 Å². The zero-order chi connectivity index (χ0) is 9.90. The molecule has 13 heavy (non-hydrogen) atoms. The fourth-order valence-corrected chi connectivity index (χ4v) is 1.26. The first-order valence-electron chi connectivity index (χ1n) is 4.32. The fourth-order valence-electron chi connectivity index (χ4n) is 1.26. The number of rotatable bonds is 2. The van der Waals surface area contributed by atoms with Crippen molar-refractivity contribution in [2.45, 2.75) is 32.5 Å².